The Kier molecular flexibility index (Phi) is 3.57. The van der Waals surface area contributed by atoms with E-state index < -0.39 is 0 Å². The molecule has 0 atom stereocenters. The summed E-state index contributed by atoms with van der Waals surface area (Å²) < 4.78 is 16.5. The Balaban J connectivity index is 1.77. The Bertz CT molecular complexity index is 1200. The molecule has 0 saturated heterocycles. The second-order valence-corrected chi connectivity index (χ2v) is 6.18. The summed E-state index contributed by atoms with van der Waals surface area (Å²) in [6, 6.07) is 21.8. The van der Waals surface area contributed by atoms with E-state index in [1.165, 1.54) is 0 Å². The van der Waals surface area contributed by atoms with Crippen LogP contribution in [0.5, 0.6) is 5.75 Å². The first kappa shape index (κ1) is 15.5. The lowest BCUT2D eigenvalue weighted by Gasteiger charge is -2.03. The van der Waals surface area contributed by atoms with Crippen LogP contribution < -0.4 is 4.74 Å². The van der Waals surface area contributed by atoms with Gasteiger partial charge >= 0.3 is 0 Å². The zero-order valence-corrected chi connectivity index (χ0v) is 14.6. The minimum atomic E-state index is 0.583. The molecule has 0 radical (unpaired) electrons. The number of H-pyrrole nitrogens is 1. The summed E-state index contributed by atoms with van der Waals surface area (Å²) in [6.45, 7) is 0. The van der Waals surface area contributed by atoms with Crippen LogP contribution in [0.2, 0.25) is 0 Å². The van der Waals surface area contributed by atoms with Gasteiger partial charge in [0, 0.05) is 17.0 Å². The maximum absolute atomic E-state index is 5.54. The minimum Gasteiger partial charge on any atom is -0.495 e. The molecule has 0 aliphatic carbocycles. The first-order chi connectivity index (χ1) is 13.3. The van der Waals surface area contributed by atoms with Gasteiger partial charge in [-0.1, -0.05) is 47.6 Å². The molecule has 0 unspecified atom stereocenters. The molecule has 0 bridgehead atoms. The van der Waals surface area contributed by atoms with E-state index in [9.17, 15) is 0 Å². The third kappa shape index (κ3) is 2.52. The molecule has 3 heterocycles. The zero-order valence-electron chi connectivity index (χ0n) is 14.6. The molecule has 0 fully saturated rings. The van der Waals surface area contributed by atoms with Crippen LogP contribution in [0.15, 0.2) is 81.9 Å². The zero-order chi connectivity index (χ0) is 18.2. The van der Waals surface area contributed by atoms with Crippen molar-refractivity contribution in [3.8, 4) is 39.8 Å². The number of nitrogens with zero attached hydrogens (tertiary/aromatic N) is 1. The lowest BCUT2D eigenvalue weighted by Crippen LogP contribution is -1.83. The highest BCUT2D eigenvalue weighted by Crippen LogP contribution is 2.41. The van der Waals surface area contributed by atoms with Crippen molar-refractivity contribution in [3.63, 3.8) is 0 Å². The summed E-state index contributed by atoms with van der Waals surface area (Å²) in [6.07, 6.45) is 1.61. The van der Waals surface area contributed by atoms with Crippen LogP contribution in [-0.4, -0.2) is 17.3 Å². The SMILES string of the molecule is COc1cccc2c(-c3ccccc3)c(-c3cc(-c4ccco4)on3)[nH]c12. The van der Waals surface area contributed by atoms with E-state index in [0.717, 1.165) is 33.5 Å². The first-order valence-electron chi connectivity index (χ1n) is 8.60. The summed E-state index contributed by atoms with van der Waals surface area (Å²) in [5.74, 6) is 2.01. The fourth-order valence-electron chi connectivity index (χ4n) is 3.39. The van der Waals surface area contributed by atoms with Crippen LogP contribution in [0, 0.1) is 0 Å². The fourth-order valence-corrected chi connectivity index (χ4v) is 3.39. The lowest BCUT2D eigenvalue weighted by molar-refractivity contribution is 0.418. The van der Waals surface area contributed by atoms with Gasteiger partial charge < -0.3 is 18.7 Å². The maximum Gasteiger partial charge on any atom is 0.202 e. The van der Waals surface area contributed by atoms with Crippen LogP contribution in [0.25, 0.3) is 44.9 Å². The Hall–Kier alpha value is -3.73. The van der Waals surface area contributed by atoms with Crippen molar-refractivity contribution in [1.82, 2.24) is 10.1 Å². The van der Waals surface area contributed by atoms with E-state index >= 15 is 0 Å². The molecule has 0 saturated carbocycles. The molecule has 3 aromatic heterocycles. The summed E-state index contributed by atoms with van der Waals surface area (Å²) in [5.41, 5.74) is 4.66. The van der Waals surface area contributed by atoms with Crippen molar-refractivity contribution >= 4 is 10.9 Å². The van der Waals surface area contributed by atoms with Crippen LogP contribution in [0.4, 0.5) is 0 Å². The highest BCUT2D eigenvalue weighted by Gasteiger charge is 2.20. The van der Waals surface area contributed by atoms with Crippen molar-refractivity contribution in [2.75, 3.05) is 7.11 Å². The second-order valence-electron chi connectivity index (χ2n) is 6.18. The minimum absolute atomic E-state index is 0.583. The third-order valence-electron chi connectivity index (χ3n) is 4.61. The summed E-state index contributed by atoms with van der Waals surface area (Å²) >= 11 is 0. The number of hydrogen-bond donors (Lipinski definition) is 1. The van der Waals surface area contributed by atoms with Gasteiger partial charge in [0.15, 0.2) is 5.76 Å². The molecule has 2 aromatic carbocycles. The van der Waals surface area contributed by atoms with E-state index in [1.54, 1.807) is 13.4 Å². The number of fused-ring (bicyclic) bond motifs is 1. The number of benzene rings is 2. The Morgan fingerprint density at radius 1 is 0.926 bits per heavy atom. The van der Waals surface area contributed by atoms with Crippen molar-refractivity contribution < 1.29 is 13.7 Å². The van der Waals surface area contributed by atoms with Gasteiger partial charge in [-0.05, 0) is 23.8 Å². The Morgan fingerprint density at radius 2 is 1.81 bits per heavy atom. The fraction of sp³-hybridized carbons (Fsp3) is 0.0455. The number of ether oxygens (including phenoxy) is 1. The summed E-state index contributed by atoms with van der Waals surface area (Å²) in [5, 5.41) is 5.34. The number of para-hydroxylation sites is 1. The molecule has 5 rings (SSSR count). The van der Waals surface area contributed by atoms with Crippen LogP contribution >= 0.6 is 0 Å². The number of aromatic amines is 1. The standard InChI is InChI=1S/C22H16N2O3/c1-25-18-10-5-9-15-20(14-7-3-2-4-8-14)22(23-21(15)18)16-13-19(27-24-16)17-11-6-12-26-17/h2-13,23H,1H3. The number of methoxy groups -OCH3 is 1. The van der Waals surface area contributed by atoms with E-state index in [0.29, 0.717) is 17.2 Å². The average molecular weight is 356 g/mol. The normalized spacial score (nSPS) is 11.1. The average Bonchev–Trinajstić information content (AvgIpc) is 3.46. The molecule has 0 spiro atoms. The predicted octanol–water partition coefficient (Wildman–Crippen LogP) is 5.76. The van der Waals surface area contributed by atoms with Crippen molar-refractivity contribution in [2.24, 2.45) is 0 Å². The molecule has 1 N–H and O–H groups in total. The van der Waals surface area contributed by atoms with Gasteiger partial charge in [-0.2, -0.15) is 0 Å². The largest absolute Gasteiger partial charge is 0.495 e. The number of aromatic nitrogens is 2. The van der Waals surface area contributed by atoms with Gasteiger partial charge in [-0.15, -0.1) is 0 Å². The molecule has 27 heavy (non-hydrogen) atoms. The van der Waals surface area contributed by atoms with Crippen LogP contribution in [0.1, 0.15) is 0 Å². The maximum atomic E-state index is 5.54. The molecular formula is C22H16N2O3. The highest BCUT2D eigenvalue weighted by molar-refractivity contribution is 6.05. The van der Waals surface area contributed by atoms with Crippen molar-refractivity contribution in [2.45, 2.75) is 0 Å². The van der Waals surface area contributed by atoms with E-state index in [1.807, 2.05) is 48.5 Å². The molecule has 5 nitrogen and oxygen atoms in total. The van der Waals surface area contributed by atoms with Gasteiger partial charge in [0.05, 0.1) is 24.6 Å². The van der Waals surface area contributed by atoms with Crippen LogP contribution in [0.3, 0.4) is 0 Å². The monoisotopic (exact) mass is 356 g/mol. The summed E-state index contributed by atoms with van der Waals surface area (Å²) in [4.78, 5) is 3.48. The molecular weight excluding hydrogens is 340 g/mol. The van der Waals surface area contributed by atoms with E-state index in [2.05, 4.69) is 28.3 Å². The lowest BCUT2D eigenvalue weighted by atomic mass is 10.0. The van der Waals surface area contributed by atoms with Gasteiger partial charge in [-0.3, -0.25) is 0 Å². The Labute approximate surface area is 155 Å². The second kappa shape index (κ2) is 6.21. The molecule has 0 amide bonds. The van der Waals surface area contributed by atoms with E-state index in [4.69, 9.17) is 13.7 Å². The van der Waals surface area contributed by atoms with Gasteiger partial charge in [0.1, 0.15) is 11.4 Å². The third-order valence-corrected chi connectivity index (χ3v) is 4.61. The predicted molar refractivity (Wildman–Crippen MR) is 103 cm³/mol. The van der Waals surface area contributed by atoms with Crippen molar-refractivity contribution in [1.29, 1.82) is 0 Å². The molecule has 132 valence electrons. The molecule has 5 aromatic rings. The van der Waals surface area contributed by atoms with Gasteiger partial charge in [0.25, 0.3) is 0 Å². The Morgan fingerprint density at radius 3 is 2.59 bits per heavy atom. The highest BCUT2D eigenvalue weighted by atomic mass is 16.5. The van der Waals surface area contributed by atoms with Gasteiger partial charge in [0.2, 0.25) is 5.76 Å². The molecule has 0 aliphatic rings. The number of hydrogen-bond acceptors (Lipinski definition) is 4. The number of nitrogens with one attached hydrogen (secondary N) is 1. The molecule has 5 heteroatoms. The molecule has 0 aliphatic heterocycles. The summed E-state index contributed by atoms with van der Waals surface area (Å²) in [7, 11) is 1.67. The number of rotatable bonds is 4. The quantitative estimate of drug-likeness (QED) is 0.445. The van der Waals surface area contributed by atoms with Crippen molar-refractivity contribution in [3.05, 3.63) is 73.0 Å². The van der Waals surface area contributed by atoms with Gasteiger partial charge in [-0.25, -0.2) is 0 Å². The van der Waals surface area contributed by atoms with E-state index in [-0.39, 0.29) is 0 Å². The first-order valence-corrected chi connectivity index (χ1v) is 8.60. The smallest absolute Gasteiger partial charge is 0.202 e. The topological polar surface area (TPSA) is 64.2 Å². The number of furan rings is 1. The van der Waals surface area contributed by atoms with Crippen LogP contribution in [-0.2, 0) is 0 Å².